The molecule has 2 nitrogen and oxygen atoms in total. The third kappa shape index (κ3) is 10.0. The van der Waals surface area contributed by atoms with Crippen LogP contribution in [0.1, 0.15) is 97.3 Å². The summed E-state index contributed by atoms with van der Waals surface area (Å²) in [5.41, 5.74) is -3.20. The number of alkyl halides is 3. The van der Waals surface area contributed by atoms with Crippen molar-refractivity contribution in [1.29, 1.82) is 0 Å². The summed E-state index contributed by atoms with van der Waals surface area (Å²) in [5.74, 6) is -1.13. The second-order valence-corrected chi connectivity index (χ2v) is 6.63. The molecule has 0 aliphatic heterocycles. The maximum atomic E-state index is 12.5. The SMILES string of the molecule is CCCCCCCCCCCCCCC(=O)C(C)(O)C(F)(F)F. The second-order valence-electron chi connectivity index (χ2n) is 6.63. The van der Waals surface area contributed by atoms with Gasteiger partial charge in [-0.3, -0.25) is 4.79 Å². The van der Waals surface area contributed by atoms with Gasteiger partial charge >= 0.3 is 6.18 Å². The number of Topliss-reactive ketones (excluding diaryl/α,β-unsaturated/α-hetero) is 1. The lowest BCUT2D eigenvalue weighted by Crippen LogP contribution is -2.49. The fourth-order valence-corrected chi connectivity index (χ4v) is 2.53. The number of hydrogen-bond donors (Lipinski definition) is 1. The zero-order chi connectivity index (χ0) is 17.8. The molecular formula is C18H33F3O2. The molecule has 0 saturated heterocycles. The maximum absolute atomic E-state index is 12.5. The predicted octanol–water partition coefficient (Wildman–Crippen LogP) is 5.96. The maximum Gasteiger partial charge on any atom is 0.424 e. The molecule has 1 N–H and O–H groups in total. The van der Waals surface area contributed by atoms with Crippen LogP contribution >= 0.6 is 0 Å². The Morgan fingerprint density at radius 3 is 1.48 bits per heavy atom. The molecule has 0 aromatic rings. The summed E-state index contributed by atoms with van der Waals surface area (Å²) in [6.45, 7) is 2.74. The summed E-state index contributed by atoms with van der Waals surface area (Å²) in [7, 11) is 0. The zero-order valence-electron chi connectivity index (χ0n) is 14.7. The number of aliphatic hydroxyl groups is 1. The van der Waals surface area contributed by atoms with Crippen LogP contribution in [0.2, 0.25) is 0 Å². The highest BCUT2D eigenvalue weighted by Gasteiger charge is 2.54. The monoisotopic (exact) mass is 338 g/mol. The van der Waals surface area contributed by atoms with Gasteiger partial charge < -0.3 is 5.11 Å². The Labute approximate surface area is 138 Å². The number of unbranched alkanes of at least 4 members (excludes halogenated alkanes) is 11. The Balaban J connectivity index is 3.48. The van der Waals surface area contributed by atoms with Gasteiger partial charge in [-0.05, 0) is 13.3 Å². The van der Waals surface area contributed by atoms with E-state index in [1.807, 2.05) is 0 Å². The summed E-state index contributed by atoms with van der Waals surface area (Å²) < 4.78 is 37.4. The van der Waals surface area contributed by atoms with Crippen LogP contribution in [-0.4, -0.2) is 22.7 Å². The van der Waals surface area contributed by atoms with Crippen LogP contribution in [-0.2, 0) is 4.79 Å². The Bertz CT molecular complexity index is 312. The molecule has 138 valence electrons. The van der Waals surface area contributed by atoms with Gasteiger partial charge in [-0.2, -0.15) is 13.2 Å². The van der Waals surface area contributed by atoms with Crippen LogP contribution in [0.25, 0.3) is 0 Å². The van der Waals surface area contributed by atoms with Crippen molar-refractivity contribution in [3.63, 3.8) is 0 Å². The first-order chi connectivity index (χ1) is 10.7. The fraction of sp³-hybridized carbons (Fsp3) is 0.944. The average Bonchev–Trinajstić information content (AvgIpc) is 2.47. The van der Waals surface area contributed by atoms with Crippen LogP contribution in [0.4, 0.5) is 13.2 Å². The largest absolute Gasteiger partial charge is 0.424 e. The van der Waals surface area contributed by atoms with Gasteiger partial charge in [-0.15, -0.1) is 0 Å². The standard InChI is InChI=1S/C18H33F3O2/c1-3-4-5-6-7-8-9-10-11-12-13-14-15-16(22)17(2,23)18(19,20)21/h23H,3-15H2,1-2H3. The predicted molar refractivity (Wildman–Crippen MR) is 87.4 cm³/mol. The van der Waals surface area contributed by atoms with Crippen LogP contribution in [0.15, 0.2) is 0 Å². The number of rotatable bonds is 14. The van der Waals surface area contributed by atoms with Crippen molar-refractivity contribution in [1.82, 2.24) is 0 Å². The Morgan fingerprint density at radius 2 is 1.13 bits per heavy atom. The summed E-state index contributed by atoms with van der Waals surface area (Å²) >= 11 is 0. The lowest BCUT2D eigenvalue weighted by molar-refractivity contribution is -0.244. The van der Waals surface area contributed by atoms with Crippen molar-refractivity contribution >= 4 is 5.78 Å². The van der Waals surface area contributed by atoms with E-state index in [2.05, 4.69) is 6.92 Å². The van der Waals surface area contributed by atoms with Crippen molar-refractivity contribution < 1.29 is 23.1 Å². The average molecular weight is 338 g/mol. The highest BCUT2D eigenvalue weighted by Crippen LogP contribution is 2.32. The molecule has 0 heterocycles. The van der Waals surface area contributed by atoms with E-state index in [-0.39, 0.29) is 6.42 Å². The van der Waals surface area contributed by atoms with Gasteiger partial charge in [0.1, 0.15) is 0 Å². The Morgan fingerprint density at radius 1 is 0.783 bits per heavy atom. The summed E-state index contributed by atoms with van der Waals surface area (Å²) in [6.07, 6.45) is 8.23. The zero-order valence-corrected chi connectivity index (χ0v) is 14.7. The molecule has 0 amide bonds. The number of halogens is 3. The minimum absolute atomic E-state index is 0.204. The molecular weight excluding hydrogens is 305 g/mol. The van der Waals surface area contributed by atoms with Gasteiger partial charge in [0, 0.05) is 6.42 Å². The van der Waals surface area contributed by atoms with Crippen molar-refractivity contribution in [2.75, 3.05) is 0 Å². The Hall–Kier alpha value is -0.580. The number of ketones is 1. The lowest BCUT2D eigenvalue weighted by Gasteiger charge is -2.24. The molecule has 0 bridgehead atoms. The fourth-order valence-electron chi connectivity index (χ4n) is 2.53. The number of hydrogen-bond acceptors (Lipinski definition) is 2. The van der Waals surface area contributed by atoms with Crippen LogP contribution in [0, 0.1) is 0 Å². The van der Waals surface area contributed by atoms with E-state index in [0.29, 0.717) is 13.3 Å². The molecule has 0 radical (unpaired) electrons. The van der Waals surface area contributed by atoms with E-state index in [1.54, 1.807) is 0 Å². The van der Waals surface area contributed by atoms with Gasteiger partial charge in [0.15, 0.2) is 5.78 Å². The molecule has 1 atom stereocenters. The van der Waals surface area contributed by atoms with Gasteiger partial charge in [0.2, 0.25) is 5.60 Å². The molecule has 0 spiro atoms. The van der Waals surface area contributed by atoms with E-state index < -0.39 is 17.6 Å². The van der Waals surface area contributed by atoms with Crippen molar-refractivity contribution in [3.05, 3.63) is 0 Å². The van der Waals surface area contributed by atoms with Gasteiger partial charge in [0.25, 0.3) is 0 Å². The normalized spacial score (nSPS) is 14.7. The molecule has 0 aromatic carbocycles. The molecule has 0 aliphatic rings. The van der Waals surface area contributed by atoms with Crippen LogP contribution < -0.4 is 0 Å². The summed E-state index contributed by atoms with van der Waals surface area (Å²) in [5, 5.41) is 9.22. The van der Waals surface area contributed by atoms with Gasteiger partial charge in [0.05, 0.1) is 0 Å². The first-order valence-corrected chi connectivity index (χ1v) is 9.06. The van der Waals surface area contributed by atoms with Gasteiger partial charge in [-0.25, -0.2) is 0 Å². The topological polar surface area (TPSA) is 37.3 Å². The molecule has 0 aromatic heterocycles. The summed E-state index contributed by atoms with van der Waals surface area (Å²) in [6, 6.07) is 0. The first-order valence-electron chi connectivity index (χ1n) is 9.06. The summed E-state index contributed by atoms with van der Waals surface area (Å²) in [4.78, 5) is 11.4. The van der Waals surface area contributed by atoms with Crippen LogP contribution in [0.3, 0.4) is 0 Å². The molecule has 0 saturated carbocycles. The third-order valence-electron chi connectivity index (χ3n) is 4.35. The van der Waals surface area contributed by atoms with E-state index in [1.165, 1.54) is 44.9 Å². The van der Waals surface area contributed by atoms with Crippen LogP contribution in [0.5, 0.6) is 0 Å². The molecule has 1 unspecified atom stereocenters. The molecule has 0 rings (SSSR count). The van der Waals surface area contributed by atoms with Crippen molar-refractivity contribution in [3.8, 4) is 0 Å². The van der Waals surface area contributed by atoms with E-state index in [4.69, 9.17) is 0 Å². The second kappa shape index (κ2) is 11.9. The van der Waals surface area contributed by atoms with E-state index >= 15 is 0 Å². The highest BCUT2D eigenvalue weighted by molar-refractivity contribution is 5.87. The van der Waals surface area contributed by atoms with Crippen molar-refractivity contribution in [2.24, 2.45) is 0 Å². The quantitative estimate of drug-likeness (QED) is 0.397. The molecule has 5 heteroatoms. The van der Waals surface area contributed by atoms with E-state index in [0.717, 1.165) is 25.7 Å². The van der Waals surface area contributed by atoms with Crippen molar-refractivity contribution in [2.45, 2.75) is 109 Å². The minimum atomic E-state index is -4.89. The molecule has 23 heavy (non-hydrogen) atoms. The third-order valence-corrected chi connectivity index (χ3v) is 4.35. The number of carbonyl (C=O) groups excluding carboxylic acids is 1. The Kier molecular flexibility index (Phi) is 11.6. The first kappa shape index (κ1) is 22.4. The number of carbonyl (C=O) groups is 1. The van der Waals surface area contributed by atoms with Gasteiger partial charge in [-0.1, -0.05) is 77.6 Å². The molecule has 0 fully saturated rings. The molecule has 0 aliphatic carbocycles. The minimum Gasteiger partial charge on any atom is -0.374 e. The smallest absolute Gasteiger partial charge is 0.374 e. The highest BCUT2D eigenvalue weighted by atomic mass is 19.4. The van der Waals surface area contributed by atoms with E-state index in [9.17, 15) is 23.1 Å². The lowest BCUT2D eigenvalue weighted by atomic mass is 9.95.